The molecule has 0 bridgehead atoms. The fourth-order valence-electron chi connectivity index (χ4n) is 3.83. The molecule has 0 saturated heterocycles. The number of aromatic amines is 1. The summed E-state index contributed by atoms with van der Waals surface area (Å²) in [6, 6.07) is 5.55. The lowest BCUT2D eigenvalue weighted by atomic mass is 9.94. The number of aromatic nitrogens is 2. The van der Waals surface area contributed by atoms with Crippen LogP contribution in [0.1, 0.15) is 55.8 Å². The number of nitrogens with zero attached hydrogens (tertiary/aromatic N) is 1. The minimum absolute atomic E-state index is 0.300. The topological polar surface area (TPSA) is 57.8 Å². The number of halogens is 1. The largest absolute Gasteiger partial charge is 0.336 e. The lowest BCUT2D eigenvalue weighted by Gasteiger charge is -2.12. The van der Waals surface area contributed by atoms with Crippen molar-refractivity contribution in [1.82, 2.24) is 10.2 Å². The molecule has 2 aliphatic rings. The number of anilines is 2. The predicted molar refractivity (Wildman–Crippen MR) is 103 cm³/mol. The van der Waals surface area contributed by atoms with Gasteiger partial charge < -0.3 is 5.32 Å². The number of nitrogens with one attached hydrogen (secondary N) is 2. The maximum atomic E-state index is 14.7. The highest BCUT2D eigenvalue weighted by molar-refractivity contribution is 7.83. The first kappa shape index (κ1) is 17.5. The van der Waals surface area contributed by atoms with E-state index < -0.39 is 10.8 Å². The zero-order valence-corrected chi connectivity index (χ0v) is 16.0. The van der Waals surface area contributed by atoms with E-state index in [4.69, 9.17) is 0 Å². The highest BCUT2D eigenvalue weighted by Gasteiger charge is 2.25. The number of allylic oxidation sites excluding steroid dienone is 2. The van der Waals surface area contributed by atoms with E-state index in [1.54, 1.807) is 6.07 Å². The van der Waals surface area contributed by atoms with Crippen molar-refractivity contribution in [3.8, 4) is 0 Å². The molecule has 1 aromatic heterocycles. The first-order valence-corrected chi connectivity index (χ1v) is 10.7. The van der Waals surface area contributed by atoms with E-state index in [2.05, 4.69) is 35.4 Å². The van der Waals surface area contributed by atoms with Crippen molar-refractivity contribution in [3.05, 3.63) is 52.5 Å². The zero-order chi connectivity index (χ0) is 18.3. The summed E-state index contributed by atoms with van der Waals surface area (Å²) in [7, 11) is -0.986. The molecular formula is C20H24FN3OS. The number of rotatable bonds is 5. The van der Waals surface area contributed by atoms with Gasteiger partial charge in [0.25, 0.3) is 0 Å². The second-order valence-electron chi connectivity index (χ2n) is 7.35. The van der Waals surface area contributed by atoms with Crippen LogP contribution in [-0.2, 0) is 22.3 Å². The molecule has 0 fully saturated rings. The predicted octanol–water partition coefficient (Wildman–Crippen LogP) is 4.90. The summed E-state index contributed by atoms with van der Waals surface area (Å²) < 4.78 is 26.3. The Morgan fingerprint density at radius 2 is 2.27 bits per heavy atom. The Hall–Kier alpha value is -1.95. The van der Waals surface area contributed by atoms with Gasteiger partial charge in [-0.3, -0.25) is 9.31 Å². The van der Waals surface area contributed by atoms with Crippen LogP contribution in [0.4, 0.5) is 15.9 Å². The van der Waals surface area contributed by atoms with Crippen LogP contribution in [0.2, 0.25) is 0 Å². The van der Waals surface area contributed by atoms with E-state index in [9.17, 15) is 8.60 Å². The third-order valence-electron chi connectivity index (χ3n) is 5.65. The molecule has 138 valence electrons. The highest BCUT2D eigenvalue weighted by atomic mass is 32.2. The molecule has 0 amide bonds. The number of H-pyrrole nitrogens is 1. The zero-order valence-electron chi connectivity index (χ0n) is 15.1. The van der Waals surface area contributed by atoms with Gasteiger partial charge in [-0.2, -0.15) is 5.10 Å². The van der Waals surface area contributed by atoms with Crippen LogP contribution < -0.4 is 5.32 Å². The quantitative estimate of drug-likeness (QED) is 0.733. The van der Waals surface area contributed by atoms with Gasteiger partial charge in [-0.1, -0.05) is 31.6 Å². The van der Waals surface area contributed by atoms with Gasteiger partial charge in [-0.05, 0) is 36.8 Å². The summed E-state index contributed by atoms with van der Waals surface area (Å²) in [6.45, 7) is 4.50. The summed E-state index contributed by atoms with van der Waals surface area (Å²) in [4.78, 5) is 0. The van der Waals surface area contributed by atoms with Crippen molar-refractivity contribution < 1.29 is 8.60 Å². The Morgan fingerprint density at radius 1 is 1.42 bits per heavy atom. The minimum Gasteiger partial charge on any atom is -0.336 e. The Kier molecular flexibility index (Phi) is 4.69. The molecule has 2 heterocycles. The Labute approximate surface area is 155 Å². The molecule has 2 aromatic rings. The normalized spacial score (nSPS) is 23.0. The van der Waals surface area contributed by atoms with E-state index in [1.807, 2.05) is 12.1 Å². The van der Waals surface area contributed by atoms with Crippen LogP contribution in [0.25, 0.3) is 0 Å². The molecule has 0 spiro atoms. The van der Waals surface area contributed by atoms with Gasteiger partial charge in [0.15, 0.2) is 11.6 Å². The van der Waals surface area contributed by atoms with Crippen LogP contribution in [-0.4, -0.2) is 14.4 Å². The molecule has 1 aliphatic carbocycles. The van der Waals surface area contributed by atoms with Crippen molar-refractivity contribution in [1.29, 1.82) is 0 Å². The van der Waals surface area contributed by atoms with Crippen LogP contribution in [0.5, 0.6) is 0 Å². The van der Waals surface area contributed by atoms with Crippen molar-refractivity contribution in [3.63, 3.8) is 0 Å². The Balaban J connectivity index is 1.47. The molecule has 1 aromatic carbocycles. The lowest BCUT2D eigenvalue weighted by molar-refractivity contribution is 0.607. The second-order valence-corrected chi connectivity index (χ2v) is 8.81. The number of benzene rings is 1. The second kappa shape index (κ2) is 6.99. The number of hydrogen-bond donors (Lipinski definition) is 2. The summed E-state index contributed by atoms with van der Waals surface area (Å²) in [5.74, 6) is 2.12. The summed E-state index contributed by atoms with van der Waals surface area (Å²) in [5, 5.41) is 10.5. The molecule has 26 heavy (non-hydrogen) atoms. The van der Waals surface area contributed by atoms with Gasteiger partial charge in [0, 0.05) is 39.8 Å². The van der Waals surface area contributed by atoms with Crippen molar-refractivity contribution in [2.75, 3.05) is 5.32 Å². The third-order valence-corrected chi connectivity index (χ3v) is 6.90. The fourth-order valence-corrected chi connectivity index (χ4v) is 5.18. The average molecular weight is 373 g/mol. The van der Waals surface area contributed by atoms with Crippen LogP contribution in [0.3, 0.4) is 0 Å². The Bertz CT molecular complexity index is 889. The van der Waals surface area contributed by atoms with E-state index in [0.29, 0.717) is 40.4 Å². The molecule has 4 rings (SSSR count). The van der Waals surface area contributed by atoms with Gasteiger partial charge >= 0.3 is 0 Å². The molecule has 4 nitrogen and oxygen atoms in total. The monoisotopic (exact) mass is 373 g/mol. The minimum atomic E-state index is -0.986. The number of fused-ring (bicyclic) bond motifs is 1. The van der Waals surface area contributed by atoms with Gasteiger partial charge in [-0.25, -0.2) is 4.39 Å². The van der Waals surface area contributed by atoms with Gasteiger partial charge in [0.1, 0.15) is 0 Å². The van der Waals surface area contributed by atoms with Crippen LogP contribution in [0.15, 0.2) is 29.8 Å². The molecule has 6 heteroatoms. The molecule has 0 radical (unpaired) electrons. The first-order chi connectivity index (χ1) is 12.5. The standard InChI is InChI=1S/C20H24FN3OS/c1-3-12(2)13-4-5-14(8-13)18-9-19(24-23-18)22-17-7-6-15-10-26(25)11-16(15)20(17)21/h4,6-7,9,12,14H,3,5,8,10-11H2,1-2H3,(H2,22,23,24). The SMILES string of the molecule is CCC(C)C1=CCC(c2cc(Nc3ccc4c(c3F)CS(=O)C4)n[nH]2)C1. The molecule has 3 atom stereocenters. The summed E-state index contributed by atoms with van der Waals surface area (Å²) in [5.41, 5.74) is 4.43. The smallest absolute Gasteiger partial charge is 0.152 e. The Morgan fingerprint density at radius 3 is 3.08 bits per heavy atom. The van der Waals surface area contributed by atoms with Crippen LogP contribution >= 0.6 is 0 Å². The molecule has 2 N–H and O–H groups in total. The number of hydrogen-bond acceptors (Lipinski definition) is 3. The van der Waals surface area contributed by atoms with Crippen molar-refractivity contribution in [2.45, 2.75) is 50.5 Å². The molecule has 0 saturated carbocycles. The first-order valence-electron chi connectivity index (χ1n) is 9.21. The van der Waals surface area contributed by atoms with Crippen molar-refractivity contribution in [2.24, 2.45) is 5.92 Å². The molecule has 1 aliphatic heterocycles. The van der Waals surface area contributed by atoms with Crippen LogP contribution in [0, 0.1) is 11.7 Å². The van der Waals surface area contributed by atoms with Gasteiger partial charge in [0.05, 0.1) is 11.4 Å². The van der Waals surface area contributed by atoms with Gasteiger partial charge in [-0.15, -0.1) is 0 Å². The average Bonchev–Trinajstić information content (AvgIpc) is 3.35. The summed E-state index contributed by atoms with van der Waals surface area (Å²) >= 11 is 0. The lowest BCUT2D eigenvalue weighted by Crippen LogP contribution is -1.99. The van der Waals surface area contributed by atoms with Gasteiger partial charge in [0.2, 0.25) is 0 Å². The maximum Gasteiger partial charge on any atom is 0.152 e. The summed E-state index contributed by atoms with van der Waals surface area (Å²) in [6.07, 6.45) is 5.61. The van der Waals surface area contributed by atoms with E-state index >= 15 is 0 Å². The highest BCUT2D eigenvalue weighted by Crippen LogP contribution is 2.38. The van der Waals surface area contributed by atoms with E-state index in [1.165, 1.54) is 5.57 Å². The third kappa shape index (κ3) is 3.22. The maximum absolute atomic E-state index is 14.7. The molecular weight excluding hydrogens is 349 g/mol. The van der Waals surface area contributed by atoms with E-state index in [0.717, 1.165) is 30.5 Å². The fraction of sp³-hybridized carbons (Fsp3) is 0.450. The van der Waals surface area contributed by atoms with E-state index in [-0.39, 0.29) is 5.82 Å². The molecule has 3 unspecified atom stereocenters. The van der Waals surface area contributed by atoms with Crippen molar-refractivity contribution >= 4 is 22.3 Å².